The molecule has 6 aromatic carbocycles. The molecular formula is C44H26N4O. The van der Waals surface area contributed by atoms with Gasteiger partial charge in [-0.05, 0) is 59.7 Å². The zero-order valence-electron chi connectivity index (χ0n) is 26.2. The van der Waals surface area contributed by atoms with Gasteiger partial charge in [0.1, 0.15) is 17.4 Å². The molecule has 0 N–H and O–H groups in total. The van der Waals surface area contributed by atoms with Crippen molar-refractivity contribution in [3.63, 3.8) is 0 Å². The van der Waals surface area contributed by atoms with Gasteiger partial charge >= 0.3 is 0 Å². The van der Waals surface area contributed by atoms with Crippen LogP contribution < -0.4 is 4.90 Å². The van der Waals surface area contributed by atoms with Crippen LogP contribution in [-0.4, -0.2) is 10.6 Å². The number of benzene rings is 6. The molecule has 0 fully saturated rings. The topological polar surface area (TPSA) is 68.9 Å². The Morgan fingerprint density at radius 3 is 2.14 bits per heavy atom. The molecule has 2 unspecified atom stereocenters. The van der Waals surface area contributed by atoms with Crippen molar-refractivity contribution in [2.24, 2.45) is 0 Å². The molecule has 2 aliphatic rings. The fourth-order valence-electron chi connectivity index (χ4n) is 8.20. The van der Waals surface area contributed by atoms with Crippen molar-refractivity contribution in [3.8, 4) is 29.0 Å². The molecule has 5 nitrogen and oxygen atoms in total. The first-order chi connectivity index (χ1) is 24.2. The van der Waals surface area contributed by atoms with Gasteiger partial charge in [0.05, 0.1) is 45.9 Å². The van der Waals surface area contributed by atoms with Crippen LogP contribution in [0.2, 0.25) is 0 Å². The van der Waals surface area contributed by atoms with Crippen molar-refractivity contribution in [1.82, 2.24) is 4.57 Å². The first kappa shape index (κ1) is 27.3. The average Bonchev–Trinajstić information content (AvgIpc) is 3.82. The van der Waals surface area contributed by atoms with E-state index in [1.54, 1.807) is 0 Å². The fraction of sp³-hybridized carbons (Fsp3) is 0.0455. The standard InChI is InChI=1S/C44H26N4O/c45-25-27-22-29(24-30(23-27)47-37-16-5-1-11-32(37)33-12-2-6-17-38(33)47)31-15-9-10-28(26-46)43(31)48-39-18-7-3-14-36(39)42-40(48)21-20-35-34-13-4-8-19-41(34)49-44(35)42/h1-24,40,42H. The molecular weight excluding hydrogens is 601 g/mol. The van der Waals surface area contributed by atoms with Crippen molar-refractivity contribution in [1.29, 1.82) is 10.5 Å². The minimum absolute atomic E-state index is 0.0539. The Labute approximate surface area is 282 Å². The molecule has 1 aliphatic carbocycles. The summed E-state index contributed by atoms with van der Waals surface area (Å²) in [7, 11) is 0. The molecule has 49 heavy (non-hydrogen) atoms. The minimum Gasteiger partial charge on any atom is -0.460 e. The van der Waals surface area contributed by atoms with E-state index >= 15 is 0 Å². The maximum atomic E-state index is 10.6. The summed E-state index contributed by atoms with van der Waals surface area (Å²) in [6.45, 7) is 0. The number of hydrogen-bond acceptors (Lipinski definition) is 4. The molecule has 0 saturated heterocycles. The molecule has 2 atom stereocenters. The number of anilines is 2. The fourth-order valence-corrected chi connectivity index (χ4v) is 8.20. The Morgan fingerprint density at radius 2 is 1.37 bits per heavy atom. The predicted octanol–water partition coefficient (Wildman–Crippen LogP) is 10.6. The quantitative estimate of drug-likeness (QED) is 0.196. The number of aromatic nitrogens is 1. The van der Waals surface area contributed by atoms with E-state index in [1.807, 2.05) is 54.6 Å². The van der Waals surface area contributed by atoms with Crippen LogP contribution in [0.5, 0.6) is 0 Å². The van der Waals surface area contributed by atoms with Crippen molar-refractivity contribution >= 4 is 50.2 Å². The van der Waals surface area contributed by atoms with E-state index in [0.717, 1.165) is 77.9 Å². The van der Waals surface area contributed by atoms with E-state index in [-0.39, 0.29) is 12.0 Å². The summed E-state index contributed by atoms with van der Waals surface area (Å²) in [6.07, 6.45) is 4.43. The van der Waals surface area contributed by atoms with Gasteiger partial charge in [0.2, 0.25) is 0 Å². The SMILES string of the molecule is N#Cc1cc(-c2cccc(C#N)c2N2c3ccccc3C3c4oc5ccccc5c4C=CC32)cc(-n2c3ccccc3c3ccccc32)c1. The molecule has 3 heterocycles. The Bertz CT molecular complexity index is 2730. The molecule has 0 amide bonds. The number of furan rings is 1. The summed E-state index contributed by atoms with van der Waals surface area (Å²) in [5, 5.41) is 24.4. The lowest BCUT2D eigenvalue weighted by Crippen LogP contribution is -2.31. The maximum absolute atomic E-state index is 10.6. The summed E-state index contributed by atoms with van der Waals surface area (Å²) in [5.41, 5.74) is 10.9. The number of nitriles is 2. The van der Waals surface area contributed by atoms with Gasteiger partial charge in [-0.25, -0.2) is 0 Å². The van der Waals surface area contributed by atoms with Crippen LogP contribution in [0.15, 0.2) is 144 Å². The van der Waals surface area contributed by atoms with Crippen LogP contribution in [0, 0.1) is 22.7 Å². The molecule has 5 heteroatoms. The molecule has 2 aromatic heterocycles. The molecule has 228 valence electrons. The largest absolute Gasteiger partial charge is 0.460 e. The van der Waals surface area contributed by atoms with Gasteiger partial charge in [0.15, 0.2) is 0 Å². The molecule has 8 aromatic rings. The molecule has 0 saturated carbocycles. The van der Waals surface area contributed by atoms with Crippen molar-refractivity contribution < 1.29 is 4.42 Å². The highest BCUT2D eigenvalue weighted by Crippen LogP contribution is 2.55. The maximum Gasteiger partial charge on any atom is 0.134 e. The van der Waals surface area contributed by atoms with Crippen LogP contribution in [0.3, 0.4) is 0 Å². The molecule has 0 spiro atoms. The van der Waals surface area contributed by atoms with Crippen LogP contribution >= 0.6 is 0 Å². The third-order valence-corrected chi connectivity index (χ3v) is 10.2. The van der Waals surface area contributed by atoms with Gasteiger partial charge in [0, 0.05) is 38.7 Å². The Hall–Kier alpha value is -6.82. The van der Waals surface area contributed by atoms with Gasteiger partial charge < -0.3 is 13.9 Å². The summed E-state index contributed by atoms with van der Waals surface area (Å²) in [6, 6.07) is 50.1. The number of fused-ring (bicyclic) bond motifs is 10. The van der Waals surface area contributed by atoms with Crippen LogP contribution in [-0.2, 0) is 0 Å². The van der Waals surface area contributed by atoms with E-state index in [1.165, 1.54) is 0 Å². The summed E-state index contributed by atoms with van der Waals surface area (Å²) in [5.74, 6) is 0.890. The number of nitrogens with zero attached hydrogens (tertiary/aromatic N) is 4. The lowest BCUT2D eigenvalue weighted by Gasteiger charge is -2.32. The lowest BCUT2D eigenvalue weighted by atomic mass is 9.85. The smallest absolute Gasteiger partial charge is 0.134 e. The predicted molar refractivity (Wildman–Crippen MR) is 195 cm³/mol. The molecule has 0 bridgehead atoms. The van der Waals surface area contributed by atoms with Gasteiger partial charge in [-0.1, -0.05) is 97.1 Å². The zero-order chi connectivity index (χ0) is 32.6. The molecule has 0 radical (unpaired) electrons. The number of hydrogen-bond donors (Lipinski definition) is 0. The Kier molecular flexibility index (Phi) is 5.76. The van der Waals surface area contributed by atoms with Gasteiger partial charge in [-0.15, -0.1) is 0 Å². The van der Waals surface area contributed by atoms with Gasteiger partial charge in [-0.2, -0.15) is 10.5 Å². The average molecular weight is 627 g/mol. The Balaban J connectivity index is 1.21. The highest BCUT2D eigenvalue weighted by atomic mass is 16.3. The van der Waals surface area contributed by atoms with Crippen molar-refractivity contribution in [3.05, 3.63) is 168 Å². The Morgan fingerprint density at radius 1 is 0.653 bits per heavy atom. The third-order valence-electron chi connectivity index (χ3n) is 10.2. The van der Waals surface area contributed by atoms with E-state index in [4.69, 9.17) is 4.42 Å². The van der Waals surface area contributed by atoms with Crippen LogP contribution in [0.4, 0.5) is 11.4 Å². The van der Waals surface area contributed by atoms with Crippen molar-refractivity contribution in [2.75, 3.05) is 4.90 Å². The van der Waals surface area contributed by atoms with E-state index in [0.29, 0.717) is 11.1 Å². The van der Waals surface area contributed by atoms with Crippen molar-refractivity contribution in [2.45, 2.75) is 12.0 Å². The summed E-state index contributed by atoms with van der Waals surface area (Å²) >= 11 is 0. The first-order valence-corrected chi connectivity index (χ1v) is 16.4. The number of para-hydroxylation sites is 5. The second-order valence-electron chi connectivity index (χ2n) is 12.7. The van der Waals surface area contributed by atoms with Gasteiger partial charge in [0.25, 0.3) is 0 Å². The van der Waals surface area contributed by atoms with E-state index in [2.05, 4.69) is 113 Å². The van der Waals surface area contributed by atoms with Crippen LogP contribution in [0.25, 0.3) is 55.7 Å². The minimum atomic E-state index is -0.116. The lowest BCUT2D eigenvalue weighted by molar-refractivity contribution is 0.505. The molecule has 1 aliphatic heterocycles. The number of rotatable bonds is 3. The normalized spacial score (nSPS) is 16.0. The highest BCUT2D eigenvalue weighted by Gasteiger charge is 2.44. The molecule has 10 rings (SSSR count). The first-order valence-electron chi connectivity index (χ1n) is 16.4. The van der Waals surface area contributed by atoms with Crippen LogP contribution in [0.1, 0.15) is 33.9 Å². The van der Waals surface area contributed by atoms with E-state index in [9.17, 15) is 10.5 Å². The second kappa shape index (κ2) is 10.3. The zero-order valence-corrected chi connectivity index (χ0v) is 26.2. The summed E-state index contributed by atoms with van der Waals surface area (Å²) < 4.78 is 8.83. The van der Waals surface area contributed by atoms with E-state index < -0.39 is 0 Å². The van der Waals surface area contributed by atoms with Gasteiger partial charge in [-0.3, -0.25) is 0 Å². The third kappa shape index (κ3) is 3.85. The monoisotopic (exact) mass is 626 g/mol. The second-order valence-corrected chi connectivity index (χ2v) is 12.7. The highest BCUT2D eigenvalue weighted by molar-refractivity contribution is 6.09. The summed E-state index contributed by atoms with van der Waals surface area (Å²) in [4.78, 5) is 2.31.